The Morgan fingerprint density at radius 1 is 1.21 bits per heavy atom. The number of ether oxygens (including phenoxy) is 1. The molecule has 0 amide bonds. The van der Waals surface area contributed by atoms with Gasteiger partial charge < -0.3 is 19.9 Å². The van der Waals surface area contributed by atoms with Crippen LogP contribution in [0.2, 0.25) is 6.82 Å². The SMILES string of the molecule is CB(O)N1CCCC(c2cc(NCCN3CCOCC3)n3ncc(-c4cnn(C)c4)c3n2)C1. The summed E-state index contributed by atoms with van der Waals surface area (Å²) in [6, 6.07) is 2.14. The van der Waals surface area contributed by atoms with Crippen molar-refractivity contribution in [3.63, 3.8) is 0 Å². The first kappa shape index (κ1) is 22.3. The molecule has 33 heavy (non-hydrogen) atoms. The number of piperidine rings is 1. The molecule has 0 radical (unpaired) electrons. The Morgan fingerprint density at radius 2 is 2.06 bits per heavy atom. The lowest BCUT2D eigenvalue weighted by Crippen LogP contribution is -2.43. The van der Waals surface area contributed by atoms with E-state index in [-0.39, 0.29) is 5.92 Å². The van der Waals surface area contributed by atoms with Gasteiger partial charge in [0.25, 0.3) is 0 Å². The smallest absolute Gasteiger partial charge is 0.376 e. The number of aromatic nitrogens is 5. The van der Waals surface area contributed by atoms with E-state index in [0.717, 1.165) is 93.6 Å². The minimum atomic E-state index is -0.441. The summed E-state index contributed by atoms with van der Waals surface area (Å²) in [4.78, 5) is 9.63. The van der Waals surface area contributed by atoms with Crippen molar-refractivity contribution in [3.8, 4) is 11.1 Å². The molecule has 3 aromatic rings. The second kappa shape index (κ2) is 9.80. The van der Waals surface area contributed by atoms with E-state index in [9.17, 15) is 5.02 Å². The van der Waals surface area contributed by atoms with E-state index >= 15 is 0 Å². The molecule has 10 nitrogen and oxygen atoms in total. The van der Waals surface area contributed by atoms with Gasteiger partial charge in [0.2, 0.25) is 0 Å². The van der Waals surface area contributed by atoms with Gasteiger partial charge in [-0.25, -0.2) is 4.98 Å². The standard InChI is InChI=1S/C22H33BN8O2/c1-23(32)30-6-3-4-17(16-30)20-12-21(24-5-7-29-8-10-33-11-9-29)31-22(27-20)19(14-26-31)18-13-25-28(2)15-18/h12-15,17,24,32H,3-11,16H2,1-2H3. The summed E-state index contributed by atoms with van der Waals surface area (Å²) in [6.45, 7) is 8.92. The second-order valence-corrected chi connectivity index (χ2v) is 9.11. The van der Waals surface area contributed by atoms with E-state index in [4.69, 9.17) is 9.72 Å². The first-order valence-corrected chi connectivity index (χ1v) is 11.9. The van der Waals surface area contributed by atoms with Gasteiger partial charge in [-0.1, -0.05) is 0 Å². The van der Waals surface area contributed by atoms with Crippen LogP contribution in [0.3, 0.4) is 0 Å². The summed E-state index contributed by atoms with van der Waals surface area (Å²) in [5, 5.41) is 22.7. The summed E-state index contributed by atoms with van der Waals surface area (Å²) in [7, 11) is 1.47. The molecule has 2 aliphatic heterocycles. The zero-order valence-corrected chi connectivity index (χ0v) is 19.5. The lowest BCUT2D eigenvalue weighted by atomic mass is 9.80. The van der Waals surface area contributed by atoms with Crippen molar-refractivity contribution in [2.45, 2.75) is 25.6 Å². The fourth-order valence-electron chi connectivity index (χ4n) is 4.83. The van der Waals surface area contributed by atoms with Crippen LogP contribution in [0.4, 0.5) is 5.82 Å². The highest BCUT2D eigenvalue weighted by atomic mass is 16.5. The Labute approximate surface area is 194 Å². The Balaban J connectivity index is 1.45. The third-order valence-corrected chi connectivity index (χ3v) is 6.74. The summed E-state index contributed by atoms with van der Waals surface area (Å²) >= 11 is 0. The van der Waals surface area contributed by atoms with Crippen LogP contribution in [0.5, 0.6) is 0 Å². The van der Waals surface area contributed by atoms with Crippen molar-refractivity contribution < 1.29 is 9.76 Å². The van der Waals surface area contributed by atoms with E-state index in [2.05, 4.69) is 31.3 Å². The van der Waals surface area contributed by atoms with Crippen LogP contribution >= 0.6 is 0 Å². The topological polar surface area (TPSA) is 96.0 Å². The largest absolute Gasteiger partial charge is 0.437 e. The van der Waals surface area contributed by atoms with Crippen LogP contribution in [0.1, 0.15) is 24.5 Å². The minimum absolute atomic E-state index is 0.273. The first-order chi connectivity index (χ1) is 16.1. The first-order valence-electron chi connectivity index (χ1n) is 11.9. The van der Waals surface area contributed by atoms with Gasteiger partial charge in [0, 0.05) is 62.5 Å². The van der Waals surface area contributed by atoms with Crippen molar-refractivity contribution in [1.29, 1.82) is 0 Å². The third-order valence-electron chi connectivity index (χ3n) is 6.74. The van der Waals surface area contributed by atoms with Gasteiger partial charge >= 0.3 is 7.05 Å². The monoisotopic (exact) mass is 452 g/mol. The highest BCUT2D eigenvalue weighted by Gasteiger charge is 2.28. The van der Waals surface area contributed by atoms with Crippen molar-refractivity contribution in [3.05, 3.63) is 30.4 Å². The molecule has 0 spiro atoms. The predicted molar refractivity (Wildman–Crippen MR) is 128 cm³/mol. The third kappa shape index (κ3) is 4.91. The van der Waals surface area contributed by atoms with Crippen molar-refractivity contribution in [2.24, 2.45) is 7.05 Å². The molecule has 0 bridgehead atoms. The molecule has 1 unspecified atom stereocenters. The number of aryl methyl sites for hydroxylation is 1. The summed E-state index contributed by atoms with van der Waals surface area (Å²) in [5.74, 6) is 1.22. The van der Waals surface area contributed by atoms with Crippen LogP contribution < -0.4 is 5.32 Å². The van der Waals surface area contributed by atoms with Gasteiger partial charge in [-0.2, -0.15) is 14.7 Å². The Morgan fingerprint density at radius 3 is 2.82 bits per heavy atom. The molecule has 2 fully saturated rings. The Bertz CT molecular complexity index is 1080. The fraction of sp³-hybridized carbons (Fsp3) is 0.591. The Kier molecular flexibility index (Phi) is 6.63. The normalized spacial score (nSPS) is 20.4. The van der Waals surface area contributed by atoms with Crippen LogP contribution in [-0.2, 0) is 11.8 Å². The molecule has 0 aromatic carbocycles. The van der Waals surface area contributed by atoms with E-state index in [1.807, 2.05) is 37.0 Å². The number of hydrogen-bond acceptors (Lipinski definition) is 8. The summed E-state index contributed by atoms with van der Waals surface area (Å²) in [6.07, 6.45) is 7.84. The van der Waals surface area contributed by atoms with Crippen molar-refractivity contribution in [1.82, 2.24) is 34.1 Å². The van der Waals surface area contributed by atoms with Gasteiger partial charge in [-0.3, -0.25) is 9.58 Å². The molecule has 5 heterocycles. The van der Waals surface area contributed by atoms with Crippen LogP contribution in [-0.4, -0.2) is 98.6 Å². The van der Waals surface area contributed by atoms with Crippen LogP contribution in [0.25, 0.3) is 16.8 Å². The molecule has 0 saturated carbocycles. The van der Waals surface area contributed by atoms with Crippen LogP contribution in [0.15, 0.2) is 24.7 Å². The fourth-order valence-corrected chi connectivity index (χ4v) is 4.83. The number of rotatable bonds is 7. The van der Waals surface area contributed by atoms with Gasteiger partial charge in [-0.15, -0.1) is 0 Å². The molecule has 2 aliphatic rings. The van der Waals surface area contributed by atoms with Gasteiger partial charge in [0.1, 0.15) is 5.82 Å². The van der Waals surface area contributed by atoms with Crippen molar-refractivity contribution >= 4 is 18.5 Å². The van der Waals surface area contributed by atoms with E-state index < -0.39 is 7.05 Å². The quantitative estimate of drug-likeness (QED) is 0.516. The highest BCUT2D eigenvalue weighted by Crippen LogP contribution is 2.31. The van der Waals surface area contributed by atoms with E-state index in [1.54, 1.807) is 4.68 Å². The zero-order valence-electron chi connectivity index (χ0n) is 19.5. The molecule has 2 N–H and O–H groups in total. The van der Waals surface area contributed by atoms with Gasteiger partial charge in [0.05, 0.1) is 31.3 Å². The van der Waals surface area contributed by atoms with Gasteiger partial charge in [-0.05, 0) is 32.8 Å². The molecule has 2 saturated heterocycles. The summed E-state index contributed by atoms with van der Waals surface area (Å²) in [5.41, 5.74) is 3.87. The maximum absolute atomic E-state index is 10.1. The molecular weight excluding hydrogens is 419 g/mol. The zero-order chi connectivity index (χ0) is 22.8. The number of morpholine rings is 1. The number of nitrogens with one attached hydrogen (secondary N) is 1. The number of nitrogens with zero attached hydrogens (tertiary/aromatic N) is 7. The lowest BCUT2D eigenvalue weighted by molar-refractivity contribution is 0.0398. The second-order valence-electron chi connectivity index (χ2n) is 9.11. The molecule has 0 aliphatic carbocycles. The van der Waals surface area contributed by atoms with Gasteiger partial charge in [0.15, 0.2) is 5.65 Å². The maximum Gasteiger partial charge on any atom is 0.376 e. The summed E-state index contributed by atoms with van der Waals surface area (Å²) < 4.78 is 9.16. The molecule has 176 valence electrons. The number of anilines is 1. The maximum atomic E-state index is 10.1. The average molecular weight is 452 g/mol. The van der Waals surface area contributed by atoms with E-state index in [1.165, 1.54) is 0 Å². The minimum Gasteiger partial charge on any atom is -0.437 e. The average Bonchev–Trinajstić information content (AvgIpc) is 3.45. The highest BCUT2D eigenvalue weighted by molar-refractivity contribution is 6.45. The number of hydrogen-bond donors (Lipinski definition) is 2. The Hall–Kier alpha value is -2.47. The molecule has 3 aromatic heterocycles. The lowest BCUT2D eigenvalue weighted by Gasteiger charge is -2.33. The molecule has 5 rings (SSSR count). The van der Waals surface area contributed by atoms with Crippen molar-refractivity contribution in [2.75, 3.05) is 57.8 Å². The predicted octanol–water partition coefficient (Wildman–Crippen LogP) is 1.16. The molecule has 11 heteroatoms. The number of fused-ring (bicyclic) bond motifs is 1. The van der Waals surface area contributed by atoms with E-state index in [0.29, 0.717) is 0 Å². The molecular formula is C22H33BN8O2. The molecule has 1 atom stereocenters. The van der Waals surface area contributed by atoms with Crippen LogP contribution in [0, 0.1) is 0 Å².